The van der Waals surface area contributed by atoms with E-state index < -0.39 is 0 Å². The zero-order valence-electron chi connectivity index (χ0n) is 11.3. The van der Waals surface area contributed by atoms with Crippen molar-refractivity contribution in [3.63, 3.8) is 0 Å². The Morgan fingerprint density at radius 1 is 1.14 bits per heavy atom. The van der Waals surface area contributed by atoms with E-state index in [0.29, 0.717) is 11.6 Å². The summed E-state index contributed by atoms with van der Waals surface area (Å²) in [4.78, 5) is 13.5. The number of nitrogens with zero attached hydrogens (tertiary/aromatic N) is 3. The van der Waals surface area contributed by atoms with Gasteiger partial charge in [0.25, 0.3) is 0 Å². The summed E-state index contributed by atoms with van der Waals surface area (Å²) in [7, 11) is 0. The Balaban J connectivity index is 2.31. The third kappa shape index (κ3) is 2.53. The van der Waals surface area contributed by atoms with Gasteiger partial charge >= 0.3 is 0 Å². The van der Waals surface area contributed by atoms with Crippen LogP contribution in [0, 0.1) is 0 Å². The van der Waals surface area contributed by atoms with Crippen molar-refractivity contribution in [3.05, 3.63) is 45.1 Å². The number of aromatic nitrogens is 3. The number of hydrogen-bond acceptors (Lipinski definition) is 4. The molecule has 0 unspecified atom stereocenters. The van der Waals surface area contributed by atoms with Crippen LogP contribution in [0.2, 0.25) is 0 Å². The van der Waals surface area contributed by atoms with Crippen LogP contribution in [0.5, 0.6) is 0 Å². The lowest BCUT2D eigenvalue weighted by Crippen LogP contribution is -2.02. The summed E-state index contributed by atoms with van der Waals surface area (Å²) in [5.74, 6) is 1.05. The molecule has 0 spiro atoms. The van der Waals surface area contributed by atoms with Gasteiger partial charge in [0, 0.05) is 21.6 Å². The molecule has 2 aromatic heterocycles. The fraction of sp³-hybridized carbons (Fsp3) is 0.133. The van der Waals surface area contributed by atoms with Gasteiger partial charge in [-0.05, 0) is 40.5 Å². The number of fused-ring (bicyclic) bond motifs is 1. The highest BCUT2D eigenvalue weighted by molar-refractivity contribution is 9.11. The molecule has 0 aliphatic rings. The molecular formula is C15H12Br2N4. The number of rotatable bonds is 2. The molecule has 0 radical (unpaired) electrons. The average molecular weight is 408 g/mol. The highest BCUT2D eigenvalue weighted by Gasteiger charge is 2.14. The summed E-state index contributed by atoms with van der Waals surface area (Å²) in [5, 5.41) is 1.03. The molecule has 0 aliphatic carbocycles. The smallest absolute Gasteiger partial charge is 0.164 e. The summed E-state index contributed by atoms with van der Waals surface area (Å²) < 4.78 is 1.76. The predicted molar refractivity (Wildman–Crippen MR) is 92.0 cm³/mol. The molecule has 0 amide bonds. The van der Waals surface area contributed by atoms with E-state index in [-0.39, 0.29) is 0 Å². The Bertz CT molecular complexity index is 833. The van der Waals surface area contributed by atoms with Gasteiger partial charge in [-0.3, -0.25) is 4.98 Å². The molecule has 0 fully saturated rings. The van der Waals surface area contributed by atoms with Crippen LogP contribution in [0.25, 0.3) is 22.3 Å². The van der Waals surface area contributed by atoms with Crippen molar-refractivity contribution in [2.24, 2.45) is 0 Å². The number of hydrogen-bond donors (Lipinski definition) is 1. The Hall–Kier alpha value is -1.53. The Labute approximate surface area is 139 Å². The van der Waals surface area contributed by atoms with Crippen molar-refractivity contribution in [2.75, 3.05) is 5.73 Å². The molecule has 3 aromatic rings. The number of aryl methyl sites for hydroxylation is 1. The van der Waals surface area contributed by atoms with E-state index in [9.17, 15) is 0 Å². The van der Waals surface area contributed by atoms with Gasteiger partial charge in [0.05, 0.1) is 15.7 Å². The van der Waals surface area contributed by atoms with Crippen molar-refractivity contribution in [1.29, 1.82) is 0 Å². The Kier molecular flexibility index (Phi) is 3.91. The fourth-order valence-electron chi connectivity index (χ4n) is 2.19. The third-order valence-electron chi connectivity index (χ3n) is 3.24. The lowest BCUT2D eigenvalue weighted by molar-refractivity contribution is 0.996. The van der Waals surface area contributed by atoms with Gasteiger partial charge in [-0.15, -0.1) is 0 Å². The summed E-state index contributed by atoms with van der Waals surface area (Å²) in [6, 6.07) is 7.86. The first-order chi connectivity index (χ1) is 10.1. The van der Waals surface area contributed by atoms with E-state index in [1.54, 1.807) is 6.20 Å². The van der Waals surface area contributed by atoms with Gasteiger partial charge in [-0.25, -0.2) is 9.97 Å². The fourth-order valence-corrected chi connectivity index (χ4v) is 3.10. The normalized spacial score (nSPS) is 11.0. The minimum atomic E-state index is 0.448. The largest absolute Gasteiger partial charge is 0.383 e. The second kappa shape index (κ2) is 5.69. The molecule has 106 valence electrons. The standard InChI is InChI=1S/C15H12Br2N4/c1-2-11-12(17)14(18)21-15(20-11)9-5-6-10(16)8-4-3-7-19-13(8)9/h3-7H,2H2,1H3,(H2,18,20,21). The molecular weight excluding hydrogens is 396 g/mol. The third-order valence-corrected chi connectivity index (χ3v) is 4.79. The van der Waals surface area contributed by atoms with Gasteiger partial charge in [-0.1, -0.05) is 28.9 Å². The molecule has 0 saturated heterocycles. The van der Waals surface area contributed by atoms with Crippen molar-refractivity contribution in [2.45, 2.75) is 13.3 Å². The predicted octanol–water partition coefficient (Wildman–Crippen LogP) is 4.36. The summed E-state index contributed by atoms with van der Waals surface area (Å²) >= 11 is 6.98. The molecule has 21 heavy (non-hydrogen) atoms. The molecule has 6 heteroatoms. The molecule has 0 aliphatic heterocycles. The molecule has 2 heterocycles. The second-order valence-electron chi connectivity index (χ2n) is 4.54. The number of halogens is 2. The van der Waals surface area contributed by atoms with Crippen molar-refractivity contribution in [1.82, 2.24) is 15.0 Å². The molecule has 0 bridgehead atoms. The topological polar surface area (TPSA) is 64.7 Å². The number of benzene rings is 1. The first-order valence-electron chi connectivity index (χ1n) is 6.47. The number of nitrogens with two attached hydrogens (primary N) is 1. The molecule has 4 nitrogen and oxygen atoms in total. The van der Waals surface area contributed by atoms with Crippen LogP contribution in [-0.2, 0) is 6.42 Å². The van der Waals surface area contributed by atoms with Crippen molar-refractivity contribution in [3.8, 4) is 11.4 Å². The van der Waals surface area contributed by atoms with E-state index in [4.69, 9.17) is 5.73 Å². The van der Waals surface area contributed by atoms with Crippen LogP contribution in [0.1, 0.15) is 12.6 Å². The molecule has 3 rings (SSSR count). The SMILES string of the molecule is CCc1nc(-c2ccc(Br)c3cccnc23)nc(N)c1Br. The maximum atomic E-state index is 5.98. The van der Waals surface area contributed by atoms with Crippen LogP contribution in [0.4, 0.5) is 5.82 Å². The Morgan fingerprint density at radius 2 is 1.95 bits per heavy atom. The van der Waals surface area contributed by atoms with E-state index >= 15 is 0 Å². The quantitative estimate of drug-likeness (QED) is 0.685. The molecule has 1 aromatic carbocycles. The first-order valence-corrected chi connectivity index (χ1v) is 8.06. The van der Waals surface area contributed by atoms with E-state index in [1.807, 2.05) is 31.2 Å². The highest BCUT2D eigenvalue weighted by atomic mass is 79.9. The van der Waals surface area contributed by atoms with Gasteiger partial charge in [0.1, 0.15) is 5.82 Å². The van der Waals surface area contributed by atoms with E-state index in [2.05, 4.69) is 46.8 Å². The van der Waals surface area contributed by atoms with Crippen molar-refractivity contribution < 1.29 is 0 Å². The van der Waals surface area contributed by atoms with E-state index in [1.165, 1.54) is 0 Å². The minimum absolute atomic E-state index is 0.448. The zero-order valence-corrected chi connectivity index (χ0v) is 14.4. The van der Waals surface area contributed by atoms with Crippen LogP contribution >= 0.6 is 31.9 Å². The van der Waals surface area contributed by atoms with E-state index in [0.717, 1.165) is 37.5 Å². The monoisotopic (exact) mass is 406 g/mol. The lowest BCUT2D eigenvalue weighted by atomic mass is 10.1. The van der Waals surface area contributed by atoms with Gasteiger partial charge in [-0.2, -0.15) is 0 Å². The number of pyridine rings is 1. The van der Waals surface area contributed by atoms with Crippen LogP contribution in [0.15, 0.2) is 39.4 Å². The number of anilines is 1. The van der Waals surface area contributed by atoms with Gasteiger partial charge < -0.3 is 5.73 Å². The van der Waals surface area contributed by atoms with Crippen molar-refractivity contribution >= 4 is 48.6 Å². The van der Waals surface area contributed by atoms with Gasteiger partial charge in [0.15, 0.2) is 5.82 Å². The Morgan fingerprint density at radius 3 is 2.71 bits per heavy atom. The molecule has 0 atom stereocenters. The summed E-state index contributed by atoms with van der Waals surface area (Å²) in [6.45, 7) is 2.04. The maximum Gasteiger partial charge on any atom is 0.164 e. The van der Waals surface area contributed by atoms with Crippen LogP contribution < -0.4 is 5.73 Å². The van der Waals surface area contributed by atoms with Gasteiger partial charge in [0.2, 0.25) is 0 Å². The highest BCUT2D eigenvalue weighted by Crippen LogP contribution is 2.32. The number of nitrogen functional groups attached to an aromatic ring is 1. The summed E-state index contributed by atoms with van der Waals surface area (Å²) in [6.07, 6.45) is 2.55. The zero-order chi connectivity index (χ0) is 15.0. The first kappa shape index (κ1) is 14.4. The average Bonchev–Trinajstić information content (AvgIpc) is 2.51. The summed E-state index contributed by atoms with van der Waals surface area (Å²) in [5.41, 5.74) is 8.61. The maximum absolute atomic E-state index is 5.98. The molecule has 2 N–H and O–H groups in total. The lowest BCUT2D eigenvalue weighted by Gasteiger charge is -2.10. The molecule has 0 saturated carbocycles. The van der Waals surface area contributed by atoms with Crippen LogP contribution in [0.3, 0.4) is 0 Å². The minimum Gasteiger partial charge on any atom is -0.383 e. The second-order valence-corrected chi connectivity index (χ2v) is 6.19. The van der Waals surface area contributed by atoms with Crippen LogP contribution in [-0.4, -0.2) is 15.0 Å².